The molecule has 3 rings (SSSR count). The zero-order chi connectivity index (χ0) is 23.1. The minimum absolute atomic E-state index is 0.00323. The number of carbonyl (C=O) groups is 1. The van der Waals surface area contributed by atoms with E-state index < -0.39 is 15.9 Å². The molecule has 0 N–H and O–H groups in total. The number of methoxy groups -OCH3 is 2. The first kappa shape index (κ1) is 23.1. The van der Waals surface area contributed by atoms with Gasteiger partial charge in [0.1, 0.15) is 18.0 Å². The zero-order valence-corrected chi connectivity index (χ0v) is 18.8. The normalized spacial score (nSPS) is 11.0. The quantitative estimate of drug-likeness (QED) is 0.488. The van der Waals surface area contributed by atoms with Gasteiger partial charge in [0, 0.05) is 11.6 Å². The van der Waals surface area contributed by atoms with Crippen LogP contribution in [0, 0.1) is 0 Å². The average molecular weight is 457 g/mol. The molecule has 0 aliphatic rings. The van der Waals surface area contributed by atoms with E-state index in [4.69, 9.17) is 14.2 Å². The summed E-state index contributed by atoms with van der Waals surface area (Å²) in [5.74, 6) is 0.00870. The molecule has 168 valence electrons. The first-order valence-corrected chi connectivity index (χ1v) is 11.5. The Bertz CT molecular complexity index is 1180. The number of benzene rings is 2. The second-order valence-electron chi connectivity index (χ2n) is 6.86. The van der Waals surface area contributed by atoms with Crippen molar-refractivity contribution in [3.8, 4) is 17.5 Å². The number of aromatic nitrogens is 1. The highest BCUT2D eigenvalue weighted by Crippen LogP contribution is 2.31. The number of para-hydroxylation sites is 1. The zero-order valence-electron chi connectivity index (χ0n) is 18.0. The van der Waals surface area contributed by atoms with Crippen molar-refractivity contribution >= 4 is 21.6 Å². The Hall–Kier alpha value is -3.59. The summed E-state index contributed by atoms with van der Waals surface area (Å²) in [6, 6.07) is 19.5. The second kappa shape index (κ2) is 10.1. The summed E-state index contributed by atoms with van der Waals surface area (Å²) in [6.07, 6.45) is 0.750. The first-order valence-electron chi connectivity index (χ1n) is 9.70. The topological polar surface area (TPSA) is 95.0 Å². The van der Waals surface area contributed by atoms with Gasteiger partial charge in [0.05, 0.1) is 26.9 Å². The number of carbonyl (C=O) groups excluding carboxylic acids is 1. The van der Waals surface area contributed by atoms with E-state index in [-0.39, 0.29) is 23.9 Å². The van der Waals surface area contributed by atoms with Crippen molar-refractivity contribution < 1.29 is 27.4 Å². The van der Waals surface area contributed by atoms with E-state index in [2.05, 4.69) is 4.98 Å². The molecule has 2 aromatic carbocycles. The number of sulfonamides is 1. The van der Waals surface area contributed by atoms with Crippen LogP contribution < -0.4 is 18.5 Å². The summed E-state index contributed by atoms with van der Waals surface area (Å²) in [6.45, 7) is 0.318. The predicted molar refractivity (Wildman–Crippen MR) is 121 cm³/mol. The Labute approximate surface area is 187 Å². The lowest BCUT2D eigenvalue weighted by atomic mass is 10.1. The SMILES string of the molecule is COc1ccc(N(C(=O)Cc2ccccc2OCc2ccccc2)S(C)(=O)=O)c(OC)n1. The molecule has 0 radical (unpaired) electrons. The van der Waals surface area contributed by atoms with Crippen molar-refractivity contribution in [3.63, 3.8) is 0 Å². The van der Waals surface area contributed by atoms with Gasteiger partial charge in [-0.3, -0.25) is 4.79 Å². The van der Waals surface area contributed by atoms with Crippen LogP contribution in [0.3, 0.4) is 0 Å². The van der Waals surface area contributed by atoms with Gasteiger partial charge in [-0.1, -0.05) is 48.5 Å². The fourth-order valence-corrected chi connectivity index (χ4v) is 4.02. The Morgan fingerprint density at radius 2 is 1.62 bits per heavy atom. The summed E-state index contributed by atoms with van der Waals surface area (Å²) >= 11 is 0. The number of pyridine rings is 1. The summed E-state index contributed by atoms with van der Waals surface area (Å²) in [4.78, 5) is 17.3. The molecule has 1 amide bonds. The molecule has 0 bridgehead atoms. The van der Waals surface area contributed by atoms with Gasteiger partial charge in [0.2, 0.25) is 27.7 Å². The summed E-state index contributed by atoms with van der Waals surface area (Å²) in [7, 11) is -1.22. The van der Waals surface area contributed by atoms with Crippen molar-refractivity contribution in [1.82, 2.24) is 4.98 Å². The lowest BCUT2D eigenvalue weighted by molar-refractivity contribution is -0.116. The van der Waals surface area contributed by atoms with Gasteiger partial charge in [-0.15, -0.1) is 0 Å². The predicted octanol–water partition coefficient (Wildman–Crippen LogP) is 3.21. The van der Waals surface area contributed by atoms with Crippen molar-refractivity contribution in [3.05, 3.63) is 77.9 Å². The van der Waals surface area contributed by atoms with Gasteiger partial charge < -0.3 is 14.2 Å². The highest BCUT2D eigenvalue weighted by molar-refractivity contribution is 7.92. The molecule has 0 aliphatic carbocycles. The van der Waals surface area contributed by atoms with E-state index in [1.54, 1.807) is 24.3 Å². The maximum Gasteiger partial charge on any atom is 0.245 e. The minimum atomic E-state index is -3.98. The van der Waals surface area contributed by atoms with Gasteiger partial charge in [0.25, 0.3) is 0 Å². The molecule has 0 fully saturated rings. The standard InChI is InChI=1S/C23H24N2O6S/c1-29-21-14-13-19(23(24-21)30-2)25(32(3,27)28)22(26)15-18-11-7-8-12-20(18)31-16-17-9-5-4-6-10-17/h4-14H,15-16H2,1-3H3. The molecule has 1 heterocycles. The van der Waals surface area contributed by atoms with Gasteiger partial charge in [-0.05, 0) is 17.7 Å². The van der Waals surface area contributed by atoms with Crippen molar-refractivity contribution in [2.75, 3.05) is 24.8 Å². The molecular weight excluding hydrogens is 432 g/mol. The lowest BCUT2D eigenvalue weighted by Crippen LogP contribution is -2.37. The van der Waals surface area contributed by atoms with Crippen LogP contribution >= 0.6 is 0 Å². The Balaban J connectivity index is 1.89. The third-order valence-electron chi connectivity index (χ3n) is 4.55. The largest absolute Gasteiger partial charge is 0.489 e. The van der Waals surface area contributed by atoms with E-state index in [9.17, 15) is 13.2 Å². The molecule has 1 aromatic heterocycles. The maximum atomic E-state index is 13.2. The highest BCUT2D eigenvalue weighted by atomic mass is 32.2. The van der Waals surface area contributed by atoms with Crippen LogP contribution in [0.15, 0.2) is 66.7 Å². The maximum absolute atomic E-state index is 13.2. The fourth-order valence-electron chi connectivity index (χ4n) is 3.09. The monoisotopic (exact) mass is 456 g/mol. The molecular formula is C23H24N2O6S. The second-order valence-corrected chi connectivity index (χ2v) is 8.69. The fraction of sp³-hybridized carbons (Fsp3) is 0.217. The summed E-state index contributed by atoms with van der Waals surface area (Å²) in [5.41, 5.74) is 1.53. The van der Waals surface area contributed by atoms with Crippen LogP contribution in [0.5, 0.6) is 17.5 Å². The van der Waals surface area contributed by atoms with E-state index in [1.807, 2.05) is 30.3 Å². The Morgan fingerprint density at radius 3 is 2.28 bits per heavy atom. The molecule has 0 aliphatic heterocycles. The number of amides is 1. The molecule has 0 unspecified atom stereocenters. The van der Waals surface area contributed by atoms with E-state index >= 15 is 0 Å². The molecule has 0 saturated heterocycles. The smallest absolute Gasteiger partial charge is 0.245 e. The number of rotatable bonds is 9. The number of hydrogen-bond donors (Lipinski definition) is 0. The van der Waals surface area contributed by atoms with E-state index in [1.165, 1.54) is 26.4 Å². The van der Waals surface area contributed by atoms with E-state index in [0.29, 0.717) is 22.2 Å². The Kier molecular flexibility index (Phi) is 7.32. The third-order valence-corrected chi connectivity index (χ3v) is 5.61. The van der Waals surface area contributed by atoms with E-state index in [0.717, 1.165) is 11.8 Å². The minimum Gasteiger partial charge on any atom is -0.489 e. The molecule has 32 heavy (non-hydrogen) atoms. The summed E-state index contributed by atoms with van der Waals surface area (Å²) < 4.78 is 41.9. The molecule has 8 nitrogen and oxygen atoms in total. The van der Waals surface area contributed by atoms with Gasteiger partial charge in [0.15, 0.2) is 0 Å². The molecule has 9 heteroatoms. The number of ether oxygens (including phenoxy) is 3. The van der Waals surface area contributed by atoms with Crippen molar-refractivity contribution in [2.24, 2.45) is 0 Å². The molecule has 0 atom stereocenters. The number of anilines is 1. The van der Waals surface area contributed by atoms with Crippen molar-refractivity contribution in [1.29, 1.82) is 0 Å². The van der Waals surface area contributed by atoms with Crippen molar-refractivity contribution in [2.45, 2.75) is 13.0 Å². The van der Waals surface area contributed by atoms with Crippen LogP contribution in [-0.4, -0.2) is 39.8 Å². The molecule has 3 aromatic rings. The summed E-state index contributed by atoms with van der Waals surface area (Å²) in [5, 5.41) is 0. The molecule has 0 saturated carbocycles. The van der Waals surface area contributed by atoms with Crippen LogP contribution in [0.2, 0.25) is 0 Å². The van der Waals surface area contributed by atoms with Gasteiger partial charge in [-0.25, -0.2) is 12.7 Å². The third kappa shape index (κ3) is 5.55. The van der Waals surface area contributed by atoms with Crippen LogP contribution in [0.4, 0.5) is 5.69 Å². The highest BCUT2D eigenvalue weighted by Gasteiger charge is 2.30. The Morgan fingerprint density at radius 1 is 0.938 bits per heavy atom. The van der Waals surface area contributed by atoms with Gasteiger partial charge in [-0.2, -0.15) is 4.98 Å². The molecule has 0 spiro atoms. The number of hydrogen-bond acceptors (Lipinski definition) is 7. The first-order chi connectivity index (χ1) is 15.3. The van der Waals surface area contributed by atoms with Crippen LogP contribution in [0.1, 0.15) is 11.1 Å². The number of nitrogens with zero attached hydrogens (tertiary/aromatic N) is 2. The van der Waals surface area contributed by atoms with Crippen LogP contribution in [0.25, 0.3) is 0 Å². The average Bonchev–Trinajstić information content (AvgIpc) is 2.78. The van der Waals surface area contributed by atoms with Crippen LogP contribution in [-0.2, 0) is 27.8 Å². The lowest BCUT2D eigenvalue weighted by Gasteiger charge is -2.22. The van der Waals surface area contributed by atoms with Gasteiger partial charge >= 0.3 is 0 Å².